The number of nitrogens with one attached hydrogen (secondary N) is 1. The summed E-state index contributed by atoms with van der Waals surface area (Å²) in [5.41, 5.74) is 0. The fraction of sp³-hybridized carbons (Fsp3) is 0.735. The fourth-order valence-electron chi connectivity index (χ4n) is 6.40. The number of rotatable bonds is 44. The number of esters is 1. The Bertz CT molecular complexity index is 1260. The molecule has 3 unspecified atom stereocenters. The molecule has 0 aromatic carbocycles. The zero-order valence-corrected chi connectivity index (χ0v) is 39.1. The molecule has 0 aliphatic carbocycles. The first-order valence-corrected chi connectivity index (χ1v) is 25.3. The zero-order chi connectivity index (χ0) is 44.9. The van der Waals surface area contributed by atoms with Crippen molar-refractivity contribution in [1.82, 2.24) is 5.32 Å². The highest BCUT2D eigenvalue weighted by Gasteiger charge is 2.28. The third-order valence-corrected chi connectivity index (χ3v) is 11.0. The average molecular weight is 880 g/mol. The minimum atomic E-state index is -4.76. The quantitative estimate of drug-likeness (QED) is 0.0200. The van der Waals surface area contributed by atoms with E-state index in [9.17, 15) is 34.1 Å². The van der Waals surface area contributed by atoms with Crippen LogP contribution in [-0.2, 0) is 32.7 Å². The van der Waals surface area contributed by atoms with Crippen LogP contribution < -0.4 is 5.32 Å². The van der Waals surface area contributed by atoms with Gasteiger partial charge in [-0.15, -0.1) is 0 Å². The number of aliphatic hydroxyl groups is 1. The van der Waals surface area contributed by atoms with E-state index in [-0.39, 0.29) is 12.8 Å². The maximum atomic E-state index is 12.3. The molecule has 0 spiro atoms. The summed E-state index contributed by atoms with van der Waals surface area (Å²) in [6.07, 6.45) is 51.0. The Morgan fingerprint density at radius 1 is 0.541 bits per heavy atom. The van der Waals surface area contributed by atoms with Crippen molar-refractivity contribution in [1.29, 1.82) is 0 Å². The van der Waals surface area contributed by atoms with Gasteiger partial charge in [0, 0.05) is 12.8 Å². The number of amides is 1. The molecule has 0 aliphatic rings. The van der Waals surface area contributed by atoms with Crippen molar-refractivity contribution in [2.45, 2.75) is 212 Å². The molecule has 0 radical (unpaired) electrons. The fourth-order valence-corrected chi connectivity index (χ4v) is 7.17. The van der Waals surface area contributed by atoms with Crippen molar-refractivity contribution in [3.8, 4) is 0 Å². The molecule has 0 bridgehead atoms. The maximum absolute atomic E-state index is 12.3. The van der Waals surface area contributed by atoms with E-state index in [1.54, 1.807) is 0 Å². The van der Waals surface area contributed by atoms with Crippen molar-refractivity contribution in [2.24, 2.45) is 0 Å². The number of carbonyl (C=O) groups is 3. The Balaban J connectivity index is 3.87. The molecule has 3 atom stereocenters. The van der Waals surface area contributed by atoms with Crippen LogP contribution >= 0.6 is 7.82 Å². The second kappa shape index (κ2) is 43.8. The zero-order valence-electron chi connectivity index (χ0n) is 38.2. The standard InChI is InChI=1S/C49H86NO10P/c1-3-5-7-9-11-13-15-17-19-20-21-22-23-24-25-26-27-29-31-33-35-37-39-41-48(53)58-42-45(51)43-59-61(56,57)60-44-46(49(54)55)50-47(52)40-38-36-34-32-30-28-18-16-14-12-10-8-6-4-2/h5,7,11,13,17,19,21-22,24-25,45-46,51H,3-4,6,8-10,12,14-16,18,20,23,26-44H2,1-2H3,(H,50,52)(H,54,55)(H,56,57)/b7-5-,13-11-,19-17-,22-21-,25-24-. The summed E-state index contributed by atoms with van der Waals surface area (Å²) >= 11 is 0. The molecule has 0 aromatic rings. The number of carboxylic acids is 1. The van der Waals surface area contributed by atoms with Crippen LogP contribution in [0, 0.1) is 0 Å². The van der Waals surface area contributed by atoms with Crippen LogP contribution in [0.5, 0.6) is 0 Å². The molecular formula is C49H86NO10P. The number of aliphatic carboxylic acids is 1. The number of carboxylic acid groups (broad SMARTS) is 1. The van der Waals surface area contributed by atoms with Gasteiger partial charge in [0.15, 0.2) is 6.04 Å². The van der Waals surface area contributed by atoms with E-state index in [0.717, 1.165) is 83.5 Å². The number of aliphatic hydroxyl groups excluding tert-OH is 1. The monoisotopic (exact) mass is 880 g/mol. The molecule has 0 aromatic heterocycles. The number of hydrogen-bond acceptors (Lipinski definition) is 8. The normalized spacial score (nSPS) is 14.2. The average Bonchev–Trinajstić information content (AvgIpc) is 3.24. The topological polar surface area (TPSA) is 169 Å². The lowest BCUT2D eigenvalue weighted by Crippen LogP contribution is -2.43. The molecule has 0 fully saturated rings. The van der Waals surface area contributed by atoms with Gasteiger partial charge in [0.2, 0.25) is 5.91 Å². The van der Waals surface area contributed by atoms with Crippen LogP contribution in [0.15, 0.2) is 60.8 Å². The van der Waals surface area contributed by atoms with Crippen molar-refractivity contribution in [3.63, 3.8) is 0 Å². The first-order chi connectivity index (χ1) is 29.6. The van der Waals surface area contributed by atoms with Crippen LogP contribution in [0.25, 0.3) is 0 Å². The highest BCUT2D eigenvalue weighted by Crippen LogP contribution is 2.43. The third kappa shape index (κ3) is 43.6. The van der Waals surface area contributed by atoms with Gasteiger partial charge in [-0.3, -0.25) is 18.6 Å². The Morgan fingerprint density at radius 2 is 0.951 bits per heavy atom. The predicted molar refractivity (Wildman–Crippen MR) is 249 cm³/mol. The first kappa shape index (κ1) is 58.2. The lowest BCUT2D eigenvalue weighted by atomic mass is 10.0. The van der Waals surface area contributed by atoms with Crippen LogP contribution in [0.3, 0.4) is 0 Å². The Kier molecular flexibility index (Phi) is 41.8. The number of ether oxygens (including phenoxy) is 1. The molecule has 61 heavy (non-hydrogen) atoms. The highest BCUT2D eigenvalue weighted by atomic mass is 31.2. The number of hydrogen-bond donors (Lipinski definition) is 4. The molecule has 0 aliphatic heterocycles. The molecule has 352 valence electrons. The van der Waals surface area contributed by atoms with Gasteiger partial charge >= 0.3 is 19.8 Å². The van der Waals surface area contributed by atoms with Crippen molar-refractivity contribution >= 4 is 25.7 Å². The summed E-state index contributed by atoms with van der Waals surface area (Å²) in [6, 6.07) is -1.55. The van der Waals surface area contributed by atoms with Gasteiger partial charge < -0.3 is 25.2 Å². The van der Waals surface area contributed by atoms with Crippen LogP contribution in [0.2, 0.25) is 0 Å². The first-order valence-electron chi connectivity index (χ1n) is 23.8. The lowest BCUT2D eigenvalue weighted by molar-refractivity contribution is -0.147. The van der Waals surface area contributed by atoms with E-state index in [1.165, 1.54) is 77.0 Å². The minimum Gasteiger partial charge on any atom is -0.480 e. The molecule has 12 heteroatoms. The van der Waals surface area contributed by atoms with Gasteiger partial charge in [-0.25, -0.2) is 9.36 Å². The minimum absolute atomic E-state index is 0.146. The number of unbranched alkanes of at least 4 members (excludes halogenated alkanes) is 20. The summed E-state index contributed by atoms with van der Waals surface area (Å²) < 4.78 is 26.9. The highest BCUT2D eigenvalue weighted by molar-refractivity contribution is 7.47. The van der Waals surface area contributed by atoms with Crippen LogP contribution in [0.4, 0.5) is 0 Å². The van der Waals surface area contributed by atoms with E-state index in [1.807, 2.05) is 0 Å². The molecule has 1 amide bonds. The van der Waals surface area contributed by atoms with Gasteiger partial charge in [0.25, 0.3) is 0 Å². The lowest BCUT2D eigenvalue weighted by Gasteiger charge is -2.18. The number of phosphoric ester groups is 1. The van der Waals surface area contributed by atoms with Gasteiger partial charge in [0.05, 0.1) is 13.2 Å². The number of phosphoric acid groups is 1. The van der Waals surface area contributed by atoms with Crippen molar-refractivity contribution in [2.75, 3.05) is 19.8 Å². The molecule has 0 saturated carbocycles. The Labute approximate surface area is 370 Å². The van der Waals surface area contributed by atoms with E-state index in [2.05, 4.69) is 79.9 Å². The number of allylic oxidation sites excluding steroid dienone is 10. The van der Waals surface area contributed by atoms with Crippen molar-refractivity contribution < 1.29 is 47.8 Å². The van der Waals surface area contributed by atoms with Gasteiger partial charge in [0.1, 0.15) is 12.7 Å². The van der Waals surface area contributed by atoms with E-state index < -0.39 is 57.6 Å². The predicted octanol–water partition coefficient (Wildman–Crippen LogP) is 12.7. The summed E-state index contributed by atoms with van der Waals surface area (Å²) in [4.78, 5) is 46.0. The molecule has 4 N–H and O–H groups in total. The molecule has 0 heterocycles. The summed E-state index contributed by atoms with van der Waals surface area (Å²) in [5, 5.41) is 21.9. The van der Waals surface area contributed by atoms with E-state index in [0.29, 0.717) is 12.8 Å². The van der Waals surface area contributed by atoms with Crippen LogP contribution in [0.1, 0.15) is 200 Å². The Hall–Kier alpha value is -2.82. The third-order valence-electron chi connectivity index (χ3n) is 10.1. The van der Waals surface area contributed by atoms with E-state index in [4.69, 9.17) is 13.8 Å². The summed E-state index contributed by atoms with van der Waals surface area (Å²) in [6.45, 7) is 2.47. The van der Waals surface area contributed by atoms with Gasteiger partial charge in [-0.1, -0.05) is 190 Å². The molecule has 0 rings (SSSR count). The van der Waals surface area contributed by atoms with Crippen LogP contribution in [-0.4, -0.2) is 64.9 Å². The van der Waals surface area contributed by atoms with Gasteiger partial charge in [-0.05, 0) is 57.8 Å². The molecular weight excluding hydrogens is 794 g/mol. The molecule has 0 saturated heterocycles. The van der Waals surface area contributed by atoms with E-state index >= 15 is 0 Å². The second-order valence-electron chi connectivity index (χ2n) is 15.9. The smallest absolute Gasteiger partial charge is 0.472 e. The SMILES string of the molecule is CC/C=C\C/C=C\C/C=C\C/C=C\C/C=C\CCCCCCCCCC(=O)OCC(O)COP(=O)(O)OCC(NC(=O)CCCCCCCCCCCCCCCC)C(=O)O. The largest absolute Gasteiger partial charge is 0.480 e. The maximum Gasteiger partial charge on any atom is 0.472 e. The second-order valence-corrected chi connectivity index (χ2v) is 17.4. The van der Waals surface area contributed by atoms with Gasteiger partial charge in [-0.2, -0.15) is 0 Å². The number of carbonyl (C=O) groups excluding carboxylic acids is 2. The summed E-state index contributed by atoms with van der Waals surface area (Å²) in [5.74, 6) is -2.38. The molecule has 11 nitrogen and oxygen atoms in total. The Morgan fingerprint density at radius 3 is 1.43 bits per heavy atom. The van der Waals surface area contributed by atoms with Crippen molar-refractivity contribution in [3.05, 3.63) is 60.8 Å². The summed E-state index contributed by atoms with van der Waals surface area (Å²) in [7, 11) is -4.76.